The maximum atomic E-state index is 13.0. The second kappa shape index (κ2) is 11.9. The Balaban J connectivity index is 1.61. The van der Waals surface area contributed by atoms with Gasteiger partial charge in [0.25, 0.3) is 5.56 Å². The van der Waals surface area contributed by atoms with Gasteiger partial charge < -0.3 is 14.8 Å². The summed E-state index contributed by atoms with van der Waals surface area (Å²) in [6.07, 6.45) is 0.660. The van der Waals surface area contributed by atoms with Crippen molar-refractivity contribution >= 4 is 40.2 Å². The molecule has 0 aliphatic heterocycles. The van der Waals surface area contributed by atoms with E-state index in [1.165, 1.54) is 11.8 Å². The van der Waals surface area contributed by atoms with E-state index in [-0.39, 0.29) is 17.2 Å². The Bertz CT molecular complexity index is 1140. The van der Waals surface area contributed by atoms with Crippen LogP contribution in [0.2, 0.25) is 5.02 Å². The first kappa shape index (κ1) is 24.1. The quantitative estimate of drug-likeness (QED) is 0.259. The van der Waals surface area contributed by atoms with Crippen molar-refractivity contribution in [2.45, 2.75) is 25.0 Å². The molecule has 3 rings (SSSR count). The summed E-state index contributed by atoms with van der Waals surface area (Å²) in [4.78, 5) is 29.9. The number of hydrogen-bond acceptors (Lipinski definition) is 6. The summed E-state index contributed by atoms with van der Waals surface area (Å²) < 4.78 is 12.3. The number of amides is 1. The molecule has 2 aromatic carbocycles. The molecule has 0 atom stereocenters. The number of rotatable bonds is 11. The van der Waals surface area contributed by atoms with Crippen molar-refractivity contribution < 1.29 is 14.3 Å². The number of ether oxygens (including phenoxy) is 2. The standard InChI is InChI=1S/C23H26ClN3O4S/c1-16-5-3-6-18(13-16)31-12-9-25-21(28)15-32-23-26-20-14-17(24)7-8-19(20)22(29)27(23)10-4-11-30-2/h3,5-8,13-14H,4,9-12,15H2,1-2H3,(H,25,28). The third kappa shape index (κ3) is 6.72. The molecule has 9 heteroatoms. The van der Waals surface area contributed by atoms with Gasteiger partial charge in [-0.05, 0) is 49.2 Å². The van der Waals surface area contributed by atoms with Gasteiger partial charge in [0.2, 0.25) is 5.91 Å². The van der Waals surface area contributed by atoms with Gasteiger partial charge >= 0.3 is 0 Å². The number of methoxy groups -OCH3 is 1. The lowest BCUT2D eigenvalue weighted by molar-refractivity contribution is -0.118. The zero-order valence-corrected chi connectivity index (χ0v) is 19.7. The molecule has 1 amide bonds. The van der Waals surface area contributed by atoms with Crippen molar-refractivity contribution in [1.82, 2.24) is 14.9 Å². The highest BCUT2D eigenvalue weighted by Gasteiger charge is 2.13. The Morgan fingerprint density at radius 1 is 1.22 bits per heavy atom. The highest BCUT2D eigenvalue weighted by atomic mass is 35.5. The number of halogens is 1. The lowest BCUT2D eigenvalue weighted by atomic mass is 10.2. The molecule has 1 N–H and O–H groups in total. The highest BCUT2D eigenvalue weighted by Crippen LogP contribution is 2.20. The van der Waals surface area contributed by atoms with E-state index in [0.29, 0.717) is 53.8 Å². The van der Waals surface area contributed by atoms with Gasteiger partial charge in [-0.1, -0.05) is 35.5 Å². The van der Waals surface area contributed by atoms with Gasteiger partial charge in [0.15, 0.2) is 5.16 Å². The second-order valence-corrected chi connectivity index (χ2v) is 8.54. The van der Waals surface area contributed by atoms with Crippen LogP contribution in [0.1, 0.15) is 12.0 Å². The number of carbonyl (C=O) groups excluding carboxylic acids is 1. The fourth-order valence-corrected chi connectivity index (χ4v) is 4.12. The van der Waals surface area contributed by atoms with Gasteiger partial charge in [-0.2, -0.15) is 0 Å². The van der Waals surface area contributed by atoms with Crippen molar-refractivity contribution in [3.05, 3.63) is 63.4 Å². The number of nitrogens with zero attached hydrogens (tertiary/aromatic N) is 2. The predicted molar refractivity (Wildman–Crippen MR) is 128 cm³/mol. The van der Waals surface area contributed by atoms with Crippen LogP contribution in [0.4, 0.5) is 0 Å². The summed E-state index contributed by atoms with van der Waals surface area (Å²) in [6.45, 7) is 3.72. The summed E-state index contributed by atoms with van der Waals surface area (Å²) in [5, 5.41) is 4.31. The van der Waals surface area contributed by atoms with Crippen LogP contribution in [0.25, 0.3) is 10.9 Å². The van der Waals surface area contributed by atoms with E-state index in [1.807, 2.05) is 31.2 Å². The minimum absolute atomic E-state index is 0.132. The Morgan fingerprint density at radius 3 is 2.84 bits per heavy atom. The summed E-state index contributed by atoms with van der Waals surface area (Å²) in [5.74, 6) is 0.743. The van der Waals surface area contributed by atoms with Gasteiger partial charge in [-0.25, -0.2) is 4.98 Å². The van der Waals surface area contributed by atoms with E-state index in [4.69, 9.17) is 21.1 Å². The normalized spacial score (nSPS) is 11.0. The Morgan fingerprint density at radius 2 is 2.06 bits per heavy atom. The van der Waals surface area contributed by atoms with Crippen LogP contribution in [-0.4, -0.2) is 48.1 Å². The van der Waals surface area contributed by atoms with Crippen molar-refractivity contribution in [2.24, 2.45) is 0 Å². The Kier molecular flexibility index (Phi) is 8.96. The smallest absolute Gasteiger partial charge is 0.262 e. The van der Waals surface area contributed by atoms with Gasteiger partial charge in [0, 0.05) is 25.3 Å². The lowest BCUT2D eigenvalue weighted by Gasteiger charge is -2.13. The minimum atomic E-state index is -0.160. The molecule has 0 radical (unpaired) electrons. The number of carbonyl (C=O) groups is 1. The molecule has 7 nitrogen and oxygen atoms in total. The highest BCUT2D eigenvalue weighted by molar-refractivity contribution is 7.99. The molecule has 0 unspecified atom stereocenters. The first-order valence-corrected chi connectivity index (χ1v) is 11.6. The van der Waals surface area contributed by atoms with Gasteiger partial charge in [-0.3, -0.25) is 14.2 Å². The number of nitrogens with one attached hydrogen (secondary N) is 1. The van der Waals surface area contributed by atoms with Crippen molar-refractivity contribution in [3.63, 3.8) is 0 Å². The fourth-order valence-electron chi connectivity index (χ4n) is 3.09. The molecule has 0 fully saturated rings. The number of hydrogen-bond donors (Lipinski definition) is 1. The van der Waals surface area contributed by atoms with E-state index >= 15 is 0 Å². The van der Waals surface area contributed by atoms with Gasteiger partial charge in [0.1, 0.15) is 12.4 Å². The topological polar surface area (TPSA) is 82.4 Å². The first-order valence-electron chi connectivity index (χ1n) is 10.3. The SMILES string of the molecule is COCCCn1c(SCC(=O)NCCOc2cccc(C)c2)nc2cc(Cl)ccc2c1=O. The molecular formula is C23H26ClN3O4S. The average Bonchev–Trinajstić information content (AvgIpc) is 2.77. The van der Waals surface area contributed by atoms with Crippen LogP contribution in [0, 0.1) is 6.92 Å². The number of aromatic nitrogens is 2. The molecule has 0 aliphatic carbocycles. The van der Waals surface area contributed by atoms with Crippen LogP contribution < -0.4 is 15.6 Å². The molecule has 1 aromatic heterocycles. The predicted octanol–water partition coefficient (Wildman–Crippen LogP) is 3.68. The summed E-state index contributed by atoms with van der Waals surface area (Å²) in [6, 6.07) is 12.7. The first-order chi connectivity index (χ1) is 15.5. The van der Waals surface area contributed by atoms with E-state index in [1.54, 1.807) is 29.9 Å². The molecular weight excluding hydrogens is 450 g/mol. The lowest BCUT2D eigenvalue weighted by Crippen LogP contribution is -2.30. The van der Waals surface area contributed by atoms with Gasteiger partial charge in [0.05, 0.1) is 23.2 Å². The van der Waals surface area contributed by atoms with Crippen molar-refractivity contribution in [2.75, 3.05) is 32.6 Å². The maximum Gasteiger partial charge on any atom is 0.262 e. The van der Waals surface area contributed by atoms with E-state index in [9.17, 15) is 9.59 Å². The van der Waals surface area contributed by atoms with E-state index < -0.39 is 0 Å². The van der Waals surface area contributed by atoms with Crippen LogP contribution in [0.5, 0.6) is 5.75 Å². The van der Waals surface area contributed by atoms with Crippen molar-refractivity contribution in [3.8, 4) is 5.75 Å². The summed E-state index contributed by atoms with van der Waals surface area (Å²) in [7, 11) is 1.62. The number of fused-ring (bicyclic) bond motifs is 1. The van der Waals surface area contributed by atoms with Crippen LogP contribution in [0.15, 0.2) is 52.4 Å². The molecule has 170 valence electrons. The van der Waals surface area contributed by atoms with Crippen LogP contribution in [0.3, 0.4) is 0 Å². The molecule has 3 aromatic rings. The van der Waals surface area contributed by atoms with Crippen LogP contribution in [-0.2, 0) is 16.1 Å². The zero-order valence-electron chi connectivity index (χ0n) is 18.1. The van der Waals surface area contributed by atoms with E-state index in [2.05, 4.69) is 10.3 Å². The van der Waals surface area contributed by atoms with E-state index in [0.717, 1.165) is 11.3 Å². The molecule has 0 aliphatic rings. The van der Waals surface area contributed by atoms with Crippen LogP contribution >= 0.6 is 23.4 Å². The number of benzene rings is 2. The third-order valence-electron chi connectivity index (χ3n) is 4.63. The minimum Gasteiger partial charge on any atom is -0.492 e. The molecule has 1 heterocycles. The largest absolute Gasteiger partial charge is 0.492 e. The second-order valence-electron chi connectivity index (χ2n) is 7.16. The molecule has 0 saturated heterocycles. The number of thioether (sulfide) groups is 1. The maximum absolute atomic E-state index is 13.0. The average molecular weight is 476 g/mol. The summed E-state index contributed by atoms with van der Waals surface area (Å²) in [5.41, 5.74) is 1.47. The summed E-state index contributed by atoms with van der Waals surface area (Å²) >= 11 is 7.29. The monoisotopic (exact) mass is 475 g/mol. The number of aryl methyl sites for hydroxylation is 1. The molecule has 0 saturated carbocycles. The van der Waals surface area contributed by atoms with Crippen molar-refractivity contribution in [1.29, 1.82) is 0 Å². The zero-order chi connectivity index (χ0) is 22.9. The molecule has 0 bridgehead atoms. The Labute approximate surface area is 196 Å². The fraction of sp³-hybridized carbons (Fsp3) is 0.348. The third-order valence-corrected chi connectivity index (χ3v) is 5.84. The molecule has 0 spiro atoms. The Hall–Kier alpha value is -2.55. The van der Waals surface area contributed by atoms with Gasteiger partial charge in [-0.15, -0.1) is 0 Å². The molecule has 32 heavy (non-hydrogen) atoms.